The van der Waals surface area contributed by atoms with Gasteiger partial charge in [0.25, 0.3) is 0 Å². The minimum absolute atomic E-state index is 0.0877. The molecule has 0 radical (unpaired) electrons. The van der Waals surface area contributed by atoms with Gasteiger partial charge < -0.3 is 20.4 Å². The Morgan fingerprint density at radius 1 is 0.870 bits per heavy atom. The van der Waals surface area contributed by atoms with Crippen LogP contribution in [-0.2, 0) is 0 Å². The molecule has 0 aromatic carbocycles. The Morgan fingerprint density at radius 2 is 1.65 bits per heavy atom. The molecule has 0 amide bonds. The third kappa shape index (κ3) is 7.93. The van der Waals surface area contributed by atoms with Crippen LogP contribution in [0.4, 0.5) is 0 Å². The zero-order valence-electron chi connectivity index (χ0n) is 14.0. The van der Waals surface area contributed by atoms with Crippen LogP contribution in [0.1, 0.15) is 38.5 Å². The Hall–Kier alpha value is -0.940. The van der Waals surface area contributed by atoms with E-state index in [1.807, 2.05) is 6.08 Å². The fourth-order valence-corrected chi connectivity index (χ4v) is 3.23. The molecule has 1 aliphatic rings. The topological polar surface area (TPSA) is 80.9 Å². The normalized spacial score (nSPS) is 18.3. The molecule has 1 rings (SSSR count). The first-order valence-corrected chi connectivity index (χ1v) is 8.71. The van der Waals surface area contributed by atoms with Crippen molar-refractivity contribution < 1.29 is 20.4 Å². The molecule has 0 heterocycles. The smallest absolute Gasteiger partial charge is 0.0459 e. The van der Waals surface area contributed by atoms with E-state index in [4.69, 9.17) is 5.11 Å². The summed E-state index contributed by atoms with van der Waals surface area (Å²) in [6.07, 6.45) is 15.1. The summed E-state index contributed by atoms with van der Waals surface area (Å²) in [5.41, 5.74) is 1.20. The van der Waals surface area contributed by atoms with Crippen molar-refractivity contribution >= 4 is 0 Å². The van der Waals surface area contributed by atoms with E-state index < -0.39 is 0 Å². The van der Waals surface area contributed by atoms with Crippen LogP contribution in [0.5, 0.6) is 0 Å². The molecule has 3 unspecified atom stereocenters. The van der Waals surface area contributed by atoms with Crippen LogP contribution in [0.3, 0.4) is 0 Å². The zero-order chi connectivity index (χ0) is 16.9. The second kappa shape index (κ2) is 12.5. The molecule has 1 aliphatic carbocycles. The van der Waals surface area contributed by atoms with Gasteiger partial charge in [0, 0.05) is 26.4 Å². The predicted octanol–water partition coefficient (Wildman–Crippen LogP) is 2.20. The number of aliphatic hydroxyl groups is 4. The van der Waals surface area contributed by atoms with E-state index in [0.29, 0.717) is 12.8 Å². The summed E-state index contributed by atoms with van der Waals surface area (Å²) in [6.45, 7) is 0.444. The van der Waals surface area contributed by atoms with E-state index in [1.54, 1.807) is 0 Å². The highest BCUT2D eigenvalue weighted by Crippen LogP contribution is 2.29. The molecule has 132 valence electrons. The molecule has 0 saturated carbocycles. The molecule has 0 bridgehead atoms. The quantitative estimate of drug-likeness (QED) is 0.444. The van der Waals surface area contributed by atoms with E-state index in [0.717, 1.165) is 25.7 Å². The number of hydrogen-bond acceptors (Lipinski definition) is 4. The van der Waals surface area contributed by atoms with Gasteiger partial charge in [-0.1, -0.05) is 30.4 Å². The molecule has 0 aromatic heterocycles. The summed E-state index contributed by atoms with van der Waals surface area (Å²) in [5.74, 6) is 0.435. The fraction of sp³-hybridized carbons (Fsp3) is 0.684. The van der Waals surface area contributed by atoms with E-state index >= 15 is 0 Å². The molecule has 4 nitrogen and oxygen atoms in total. The summed E-state index contributed by atoms with van der Waals surface area (Å²) in [5, 5.41) is 37.5. The van der Waals surface area contributed by atoms with E-state index in [-0.39, 0.29) is 44.2 Å². The maximum atomic E-state index is 9.72. The highest BCUT2D eigenvalue weighted by Gasteiger charge is 2.21. The minimum atomic E-state index is 0.0877. The van der Waals surface area contributed by atoms with Gasteiger partial charge in [-0.2, -0.15) is 0 Å². The lowest BCUT2D eigenvalue weighted by Crippen LogP contribution is -2.20. The van der Waals surface area contributed by atoms with Crippen molar-refractivity contribution in [2.24, 2.45) is 17.8 Å². The minimum Gasteiger partial charge on any atom is -0.396 e. The van der Waals surface area contributed by atoms with E-state index in [9.17, 15) is 15.3 Å². The molecule has 0 fully saturated rings. The number of allylic oxidation sites excluding steroid dienone is 6. The molecule has 4 heteroatoms. The van der Waals surface area contributed by atoms with Crippen LogP contribution >= 0.6 is 0 Å². The fourth-order valence-electron chi connectivity index (χ4n) is 3.23. The molecule has 0 saturated heterocycles. The van der Waals surface area contributed by atoms with Gasteiger partial charge in [-0.05, 0) is 61.9 Å². The lowest BCUT2D eigenvalue weighted by Gasteiger charge is -2.26. The van der Waals surface area contributed by atoms with Gasteiger partial charge in [0.1, 0.15) is 0 Å². The van der Waals surface area contributed by atoms with Gasteiger partial charge in [-0.25, -0.2) is 0 Å². The molecule has 4 N–H and O–H groups in total. The van der Waals surface area contributed by atoms with Crippen LogP contribution < -0.4 is 0 Å². The largest absolute Gasteiger partial charge is 0.396 e. The zero-order valence-corrected chi connectivity index (χ0v) is 14.0. The summed E-state index contributed by atoms with van der Waals surface area (Å²) < 4.78 is 0. The van der Waals surface area contributed by atoms with Crippen molar-refractivity contribution in [1.29, 1.82) is 0 Å². The van der Waals surface area contributed by atoms with Gasteiger partial charge in [-0.3, -0.25) is 0 Å². The van der Waals surface area contributed by atoms with Crippen LogP contribution in [0.15, 0.2) is 36.0 Å². The summed E-state index contributed by atoms with van der Waals surface area (Å²) in [6, 6.07) is 0. The van der Waals surface area contributed by atoms with Gasteiger partial charge in [0.05, 0.1) is 0 Å². The average molecular weight is 324 g/mol. The van der Waals surface area contributed by atoms with Crippen molar-refractivity contribution in [3.8, 4) is 0 Å². The van der Waals surface area contributed by atoms with Crippen LogP contribution in [0.2, 0.25) is 0 Å². The van der Waals surface area contributed by atoms with Gasteiger partial charge in [-0.15, -0.1) is 0 Å². The van der Waals surface area contributed by atoms with E-state index in [1.165, 1.54) is 5.57 Å². The monoisotopic (exact) mass is 324 g/mol. The highest BCUT2D eigenvalue weighted by atomic mass is 16.3. The molecule has 0 aliphatic heterocycles. The van der Waals surface area contributed by atoms with Crippen molar-refractivity contribution in [2.45, 2.75) is 38.5 Å². The van der Waals surface area contributed by atoms with E-state index in [2.05, 4.69) is 24.3 Å². The first-order chi connectivity index (χ1) is 11.2. The van der Waals surface area contributed by atoms with Crippen molar-refractivity contribution in [1.82, 2.24) is 0 Å². The second-order valence-electron chi connectivity index (χ2n) is 6.38. The van der Waals surface area contributed by atoms with Crippen molar-refractivity contribution in [2.75, 3.05) is 26.4 Å². The number of rotatable bonds is 12. The first-order valence-electron chi connectivity index (χ1n) is 8.71. The molecular weight excluding hydrogens is 292 g/mol. The Labute approximate surface area is 139 Å². The molecule has 0 spiro atoms. The molecule has 3 atom stereocenters. The molecule has 0 aromatic rings. The Morgan fingerprint density at radius 3 is 2.30 bits per heavy atom. The second-order valence-corrected chi connectivity index (χ2v) is 6.38. The summed E-state index contributed by atoms with van der Waals surface area (Å²) >= 11 is 0. The Balaban J connectivity index is 2.67. The highest BCUT2D eigenvalue weighted by molar-refractivity contribution is 5.29. The maximum Gasteiger partial charge on any atom is 0.0459 e. The Kier molecular flexibility index (Phi) is 10.9. The average Bonchev–Trinajstić information content (AvgIpc) is 2.86. The SMILES string of the molecule is OCCCC(CO)CC(CO)CC(CCO)C1=CC=CCC=C1. The predicted molar refractivity (Wildman–Crippen MR) is 92.9 cm³/mol. The molecular formula is C19H32O4. The van der Waals surface area contributed by atoms with Crippen molar-refractivity contribution in [3.63, 3.8) is 0 Å². The van der Waals surface area contributed by atoms with Crippen LogP contribution in [0, 0.1) is 17.8 Å². The third-order valence-electron chi connectivity index (χ3n) is 4.53. The Bertz CT molecular complexity index is 387. The summed E-state index contributed by atoms with van der Waals surface area (Å²) in [7, 11) is 0. The number of aliphatic hydroxyl groups excluding tert-OH is 4. The lowest BCUT2D eigenvalue weighted by atomic mass is 9.81. The van der Waals surface area contributed by atoms with Gasteiger partial charge in [0.2, 0.25) is 0 Å². The molecule has 23 heavy (non-hydrogen) atoms. The third-order valence-corrected chi connectivity index (χ3v) is 4.53. The van der Waals surface area contributed by atoms with Gasteiger partial charge >= 0.3 is 0 Å². The van der Waals surface area contributed by atoms with Crippen LogP contribution in [0.25, 0.3) is 0 Å². The van der Waals surface area contributed by atoms with Gasteiger partial charge in [0.15, 0.2) is 0 Å². The standard InChI is InChI=1S/C19H32O4/c20-10-5-6-16(14-22)12-17(15-23)13-19(9-11-21)18-7-3-1-2-4-8-18/h1,3-4,7-8,16-17,19-23H,2,5-6,9-15H2. The lowest BCUT2D eigenvalue weighted by molar-refractivity contribution is 0.133. The maximum absolute atomic E-state index is 9.72. The number of hydrogen-bond donors (Lipinski definition) is 4. The van der Waals surface area contributed by atoms with Crippen LogP contribution in [-0.4, -0.2) is 46.9 Å². The summed E-state index contributed by atoms with van der Waals surface area (Å²) in [4.78, 5) is 0. The first kappa shape index (κ1) is 20.1. The van der Waals surface area contributed by atoms with Crippen molar-refractivity contribution in [3.05, 3.63) is 36.0 Å².